The average Bonchev–Trinajstić information content (AvgIpc) is 2.76. The second kappa shape index (κ2) is 6.77. The molecule has 0 aliphatic carbocycles. The molecule has 2 aromatic rings. The molecule has 0 aromatic heterocycles. The molecule has 1 N–H and O–H groups in total. The molecule has 0 bridgehead atoms. The summed E-state index contributed by atoms with van der Waals surface area (Å²) in [6.45, 7) is 0. The third kappa shape index (κ3) is 3.05. The highest BCUT2D eigenvalue weighted by atomic mass is 35.5. The van der Waals surface area contributed by atoms with Crippen LogP contribution in [0.1, 0.15) is 37.9 Å². The molecule has 22 heavy (non-hydrogen) atoms. The Morgan fingerprint density at radius 1 is 1.09 bits per heavy atom. The van der Waals surface area contributed by atoms with E-state index in [1.54, 1.807) is 6.07 Å². The largest absolute Gasteiger partial charge is 0.478 e. The Morgan fingerprint density at radius 2 is 1.73 bits per heavy atom. The Balaban J connectivity index is 0.00000121. The first-order valence-electron chi connectivity index (χ1n) is 5.90. The topological polar surface area (TPSA) is 63.6 Å². The Bertz CT molecular complexity index is 716. The molecule has 0 saturated carbocycles. The highest BCUT2D eigenvalue weighted by Gasteiger charge is 2.32. The molecule has 7 heteroatoms. The van der Waals surface area contributed by atoms with Gasteiger partial charge in [-0.05, 0) is 29.8 Å². The predicted octanol–water partition coefficient (Wildman–Crippen LogP) is 3.63. The number of carbonyl (C=O) groups is 2. The molecule has 0 fully saturated rings. The van der Waals surface area contributed by atoms with Crippen LogP contribution in [0.2, 0.25) is 0 Å². The average molecular weight is 345 g/mol. The molecular formula is C15H11Cl2FO4. The maximum absolute atomic E-state index is 12.9. The summed E-state index contributed by atoms with van der Waals surface area (Å²) in [6.07, 6.45) is -0.624. The number of carboxylic acid groups (broad SMARTS) is 1. The molecule has 1 heterocycles. The highest BCUT2D eigenvalue weighted by molar-refractivity contribution is 5.98. The van der Waals surface area contributed by atoms with Gasteiger partial charge in [0.2, 0.25) is 0 Å². The minimum atomic E-state index is -1.11. The fraction of sp³-hybridized carbons (Fsp3) is 0.0667. The van der Waals surface area contributed by atoms with Gasteiger partial charge in [-0.2, -0.15) is 0 Å². The smallest absolute Gasteiger partial charge is 0.339 e. The van der Waals surface area contributed by atoms with Crippen molar-refractivity contribution in [1.82, 2.24) is 0 Å². The second-order valence-corrected chi connectivity index (χ2v) is 4.44. The fourth-order valence-corrected chi connectivity index (χ4v) is 2.21. The van der Waals surface area contributed by atoms with E-state index in [0.717, 1.165) is 0 Å². The van der Waals surface area contributed by atoms with Gasteiger partial charge >= 0.3 is 11.9 Å². The third-order valence-electron chi connectivity index (χ3n) is 3.20. The number of esters is 1. The van der Waals surface area contributed by atoms with Crippen molar-refractivity contribution in [3.05, 3.63) is 70.5 Å². The Hall–Kier alpha value is -2.11. The van der Waals surface area contributed by atoms with Crippen molar-refractivity contribution in [2.24, 2.45) is 0 Å². The number of fused-ring (bicyclic) bond motifs is 1. The van der Waals surface area contributed by atoms with Crippen LogP contribution in [0.4, 0.5) is 4.39 Å². The Labute approximate surface area is 137 Å². The van der Waals surface area contributed by atoms with Crippen molar-refractivity contribution in [2.75, 3.05) is 0 Å². The number of ether oxygens (including phenoxy) is 1. The summed E-state index contributed by atoms with van der Waals surface area (Å²) in [6, 6.07) is 9.90. The van der Waals surface area contributed by atoms with Crippen molar-refractivity contribution in [1.29, 1.82) is 0 Å². The van der Waals surface area contributed by atoms with Gasteiger partial charge in [0, 0.05) is 5.56 Å². The molecule has 0 spiro atoms. The molecule has 0 radical (unpaired) electrons. The number of carboxylic acids is 1. The van der Waals surface area contributed by atoms with E-state index in [1.165, 1.54) is 36.4 Å². The first kappa shape index (κ1) is 17.9. The number of benzene rings is 2. The van der Waals surface area contributed by atoms with E-state index in [4.69, 9.17) is 9.84 Å². The molecule has 0 amide bonds. The highest BCUT2D eigenvalue weighted by Crippen LogP contribution is 2.36. The van der Waals surface area contributed by atoms with E-state index < -0.39 is 18.0 Å². The van der Waals surface area contributed by atoms with Gasteiger partial charge in [0.25, 0.3) is 0 Å². The van der Waals surface area contributed by atoms with Gasteiger partial charge in [0.15, 0.2) is 6.10 Å². The minimum Gasteiger partial charge on any atom is -0.478 e. The van der Waals surface area contributed by atoms with Crippen LogP contribution in [0.5, 0.6) is 0 Å². The lowest BCUT2D eigenvalue weighted by atomic mass is 9.97. The normalized spacial score (nSPS) is 15.1. The SMILES string of the molecule is Cl.Cl.O=C(O)c1ccc2c(c1)C(=O)OC2c1ccc(F)cc1. The van der Waals surface area contributed by atoms with E-state index in [0.29, 0.717) is 11.1 Å². The van der Waals surface area contributed by atoms with Crippen LogP contribution in [-0.4, -0.2) is 17.0 Å². The van der Waals surface area contributed by atoms with E-state index >= 15 is 0 Å². The lowest BCUT2D eigenvalue weighted by molar-refractivity contribution is 0.0455. The molecule has 0 saturated heterocycles. The summed E-state index contributed by atoms with van der Waals surface area (Å²) < 4.78 is 18.2. The maximum atomic E-state index is 12.9. The van der Waals surface area contributed by atoms with Crippen LogP contribution < -0.4 is 0 Å². The standard InChI is InChI=1S/C15H9FO4.2ClH/c16-10-4-1-8(2-5-10)13-11-6-3-9(14(17)18)7-12(11)15(19)20-13;;/h1-7,13H,(H,17,18);2*1H. The number of rotatable bonds is 2. The molecule has 1 aliphatic rings. The molecular weight excluding hydrogens is 334 g/mol. The Kier molecular flexibility index (Phi) is 5.52. The van der Waals surface area contributed by atoms with Gasteiger partial charge in [-0.25, -0.2) is 14.0 Å². The zero-order valence-corrected chi connectivity index (χ0v) is 12.6. The van der Waals surface area contributed by atoms with Crippen molar-refractivity contribution in [2.45, 2.75) is 6.10 Å². The molecule has 1 atom stereocenters. The molecule has 2 aromatic carbocycles. The monoisotopic (exact) mass is 344 g/mol. The number of carbonyl (C=O) groups excluding carboxylic acids is 1. The summed E-state index contributed by atoms with van der Waals surface area (Å²) in [4.78, 5) is 22.7. The van der Waals surface area contributed by atoms with Gasteiger partial charge in [0.05, 0.1) is 11.1 Å². The van der Waals surface area contributed by atoms with Crippen molar-refractivity contribution >= 4 is 36.8 Å². The summed E-state index contributed by atoms with van der Waals surface area (Å²) in [5, 5.41) is 8.92. The van der Waals surface area contributed by atoms with E-state index in [2.05, 4.69) is 0 Å². The Morgan fingerprint density at radius 3 is 2.32 bits per heavy atom. The first-order chi connectivity index (χ1) is 9.56. The maximum Gasteiger partial charge on any atom is 0.339 e. The molecule has 1 unspecified atom stereocenters. The molecule has 4 nitrogen and oxygen atoms in total. The van der Waals surface area contributed by atoms with Gasteiger partial charge < -0.3 is 9.84 Å². The summed E-state index contributed by atoms with van der Waals surface area (Å²) in [7, 11) is 0. The zero-order valence-electron chi connectivity index (χ0n) is 11.0. The minimum absolute atomic E-state index is 0. The van der Waals surface area contributed by atoms with Crippen molar-refractivity contribution < 1.29 is 23.8 Å². The predicted molar refractivity (Wildman–Crippen MR) is 81.6 cm³/mol. The molecule has 116 valence electrons. The zero-order chi connectivity index (χ0) is 14.3. The van der Waals surface area contributed by atoms with Crippen LogP contribution in [0, 0.1) is 5.82 Å². The molecule has 1 aliphatic heterocycles. The summed E-state index contributed by atoms with van der Waals surface area (Å²) in [5.41, 5.74) is 1.49. The van der Waals surface area contributed by atoms with Gasteiger partial charge in [-0.1, -0.05) is 18.2 Å². The van der Waals surface area contributed by atoms with E-state index in [-0.39, 0.29) is 41.8 Å². The van der Waals surface area contributed by atoms with E-state index in [9.17, 15) is 14.0 Å². The number of halogens is 3. The van der Waals surface area contributed by atoms with Gasteiger partial charge in [0.1, 0.15) is 5.82 Å². The lowest BCUT2D eigenvalue weighted by Gasteiger charge is -2.10. The summed E-state index contributed by atoms with van der Waals surface area (Å²) in [5.74, 6) is -2.05. The quantitative estimate of drug-likeness (QED) is 0.845. The number of aromatic carboxylic acids is 1. The van der Waals surface area contributed by atoms with Crippen LogP contribution in [0.3, 0.4) is 0 Å². The first-order valence-corrected chi connectivity index (χ1v) is 5.90. The number of cyclic esters (lactones) is 1. The van der Waals surface area contributed by atoms with Crippen molar-refractivity contribution in [3.8, 4) is 0 Å². The summed E-state index contributed by atoms with van der Waals surface area (Å²) >= 11 is 0. The van der Waals surface area contributed by atoms with Crippen LogP contribution >= 0.6 is 24.8 Å². The van der Waals surface area contributed by atoms with Gasteiger partial charge in [-0.3, -0.25) is 0 Å². The van der Waals surface area contributed by atoms with Crippen LogP contribution in [0.25, 0.3) is 0 Å². The van der Waals surface area contributed by atoms with E-state index in [1.807, 2.05) is 0 Å². The number of hydrogen-bond donors (Lipinski definition) is 1. The molecule has 3 rings (SSSR count). The van der Waals surface area contributed by atoms with Crippen molar-refractivity contribution in [3.63, 3.8) is 0 Å². The van der Waals surface area contributed by atoms with Crippen LogP contribution in [-0.2, 0) is 4.74 Å². The van der Waals surface area contributed by atoms with Gasteiger partial charge in [-0.15, -0.1) is 24.8 Å². The second-order valence-electron chi connectivity index (χ2n) is 4.44. The number of hydrogen-bond acceptors (Lipinski definition) is 3. The third-order valence-corrected chi connectivity index (χ3v) is 3.20. The lowest BCUT2D eigenvalue weighted by Crippen LogP contribution is -2.00. The van der Waals surface area contributed by atoms with Crippen LogP contribution in [0.15, 0.2) is 42.5 Å². The fourth-order valence-electron chi connectivity index (χ4n) is 2.21.